The van der Waals surface area contributed by atoms with Crippen molar-refractivity contribution >= 4 is 17.9 Å². The Kier molecular flexibility index (Phi) is 4.84. The number of nitrogens with zero attached hydrogens (tertiary/aromatic N) is 2. The molecular weight excluding hydrogens is 255 g/mol. The van der Waals surface area contributed by atoms with Gasteiger partial charge in [0, 0.05) is 12.6 Å². The Hall–Kier alpha value is -1.51. The minimum atomic E-state index is -1.07. The largest absolute Gasteiger partial charge is 1.00 e. The summed E-state index contributed by atoms with van der Waals surface area (Å²) in [6.45, 7) is 5.20. The molecule has 0 radical (unpaired) electrons. The molecule has 7 heteroatoms. The van der Waals surface area contributed by atoms with Crippen LogP contribution >= 0.6 is 0 Å². The zero-order valence-corrected chi connectivity index (χ0v) is 12.1. The number of hydrogen-bond acceptors (Lipinski definition) is 4. The van der Waals surface area contributed by atoms with Crippen molar-refractivity contribution < 1.29 is 39.7 Å². The van der Waals surface area contributed by atoms with Gasteiger partial charge in [-0.25, -0.2) is 19.5 Å². The van der Waals surface area contributed by atoms with Crippen molar-refractivity contribution in [1.82, 2.24) is 4.98 Å². The van der Waals surface area contributed by atoms with Gasteiger partial charge in [-0.1, -0.05) is 6.07 Å². The molecule has 20 heavy (non-hydrogen) atoms. The molecule has 1 aromatic rings. The van der Waals surface area contributed by atoms with E-state index in [1.165, 1.54) is 6.20 Å². The van der Waals surface area contributed by atoms with Crippen LogP contribution in [-0.4, -0.2) is 33.8 Å². The summed E-state index contributed by atoms with van der Waals surface area (Å²) in [5, 5.41) is 9.23. The Morgan fingerprint density at radius 1 is 1.50 bits per heavy atom. The summed E-state index contributed by atoms with van der Waals surface area (Å²) >= 11 is 0. The molecule has 0 saturated carbocycles. The molecule has 6 nitrogen and oxygen atoms in total. The predicted octanol–water partition coefficient (Wildman–Crippen LogP) is -1.05. The molecule has 2 heterocycles. The third-order valence-electron chi connectivity index (χ3n) is 2.70. The van der Waals surface area contributed by atoms with Crippen LogP contribution in [0.1, 0.15) is 27.8 Å². The molecule has 0 bridgehead atoms. The number of carbonyl (C=O) groups is 2. The van der Waals surface area contributed by atoms with E-state index < -0.39 is 23.7 Å². The predicted molar refractivity (Wildman–Crippen MR) is 69.2 cm³/mol. The maximum Gasteiger partial charge on any atom is 1.00 e. The number of ether oxygens (including phenoxy) is 1. The summed E-state index contributed by atoms with van der Waals surface area (Å²) in [5.41, 5.74) is 0.0539. The molecule has 1 aromatic heterocycles. The molecule has 0 saturated heterocycles. The van der Waals surface area contributed by atoms with Gasteiger partial charge in [-0.05, 0) is 32.4 Å². The van der Waals surface area contributed by atoms with Crippen LogP contribution in [0.2, 0.25) is 0 Å². The number of anilines is 1. The molecule has 1 atom stereocenters. The second-order valence-electron chi connectivity index (χ2n) is 5.39. The fourth-order valence-corrected chi connectivity index (χ4v) is 1.98. The smallest absolute Gasteiger partial charge is 1.00 e. The number of carboxylic acids is 1. The summed E-state index contributed by atoms with van der Waals surface area (Å²) in [4.78, 5) is 28.6. The van der Waals surface area contributed by atoms with E-state index in [1.807, 2.05) is 0 Å². The van der Waals surface area contributed by atoms with Gasteiger partial charge < -0.3 is 11.3 Å². The summed E-state index contributed by atoms with van der Waals surface area (Å²) in [6, 6.07) is 2.53. The van der Waals surface area contributed by atoms with Crippen molar-refractivity contribution in [3.05, 3.63) is 23.9 Å². The van der Waals surface area contributed by atoms with Gasteiger partial charge in [0.25, 0.3) is 0 Å². The topological polar surface area (TPSA) is 79.7 Å². The van der Waals surface area contributed by atoms with Crippen LogP contribution in [0.3, 0.4) is 0 Å². The first-order valence-electron chi connectivity index (χ1n) is 5.98. The standard InChI is InChI=1S/C13H16N2O4.Li.H/c1-13(2,3)19-12(18)15-9(11(16)17)7-8-5-4-6-14-10(8)15;;/h4-6,9H,7H2,1-3H3,(H,16,17);;/q;+1;-1. The Labute approximate surface area is 130 Å². The zero-order valence-electron chi connectivity index (χ0n) is 13.1. The van der Waals surface area contributed by atoms with Gasteiger partial charge in [0.15, 0.2) is 0 Å². The SMILES string of the molecule is CC(C)(C)OC(=O)N1c2ncccc2CC1C(=O)O.[H-].[Li+]. The minimum absolute atomic E-state index is 0. The molecule has 0 aromatic carbocycles. The van der Waals surface area contributed by atoms with Crippen LogP contribution in [0.5, 0.6) is 0 Å². The second kappa shape index (κ2) is 5.86. The van der Waals surface area contributed by atoms with Gasteiger partial charge in [-0.3, -0.25) is 0 Å². The molecule has 104 valence electrons. The first-order chi connectivity index (χ1) is 8.79. The molecular formula is C13H17LiN2O4. The molecule has 1 aliphatic rings. The van der Waals surface area contributed by atoms with Crippen molar-refractivity contribution in [3.8, 4) is 0 Å². The Morgan fingerprint density at radius 3 is 2.70 bits per heavy atom. The molecule has 2 rings (SSSR count). The number of hydrogen-bond donors (Lipinski definition) is 1. The van der Waals surface area contributed by atoms with Gasteiger partial charge >= 0.3 is 30.9 Å². The Bertz CT molecular complexity index is 533. The molecule has 1 N–H and O–H groups in total. The van der Waals surface area contributed by atoms with E-state index in [1.54, 1.807) is 32.9 Å². The first-order valence-corrected chi connectivity index (χ1v) is 5.98. The van der Waals surface area contributed by atoms with Crippen LogP contribution in [0, 0.1) is 0 Å². The number of carbonyl (C=O) groups excluding carboxylic acids is 1. The monoisotopic (exact) mass is 272 g/mol. The molecule has 0 aliphatic carbocycles. The van der Waals surface area contributed by atoms with E-state index in [0.29, 0.717) is 5.82 Å². The Morgan fingerprint density at radius 2 is 2.15 bits per heavy atom. The van der Waals surface area contributed by atoms with Crippen LogP contribution in [0.4, 0.5) is 10.6 Å². The zero-order chi connectivity index (χ0) is 14.2. The number of carboxylic acid groups (broad SMARTS) is 1. The molecule has 1 aliphatic heterocycles. The maximum atomic E-state index is 12.1. The van der Waals surface area contributed by atoms with Gasteiger partial charge in [-0.15, -0.1) is 0 Å². The fraction of sp³-hybridized carbons (Fsp3) is 0.462. The van der Waals surface area contributed by atoms with E-state index in [-0.39, 0.29) is 26.7 Å². The van der Waals surface area contributed by atoms with Gasteiger partial charge in [0.1, 0.15) is 17.5 Å². The van der Waals surface area contributed by atoms with Gasteiger partial charge in [0.2, 0.25) is 0 Å². The number of aliphatic carboxylic acids is 1. The van der Waals surface area contributed by atoms with Crippen LogP contribution in [-0.2, 0) is 16.0 Å². The average molecular weight is 272 g/mol. The summed E-state index contributed by atoms with van der Waals surface area (Å²) < 4.78 is 5.24. The van der Waals surface area contributed by atoms with E-state index >= 15 is 0 Å². The first kappa shape index (κ1) is 16.5. The van der Waals surface area contributed by atoms with Crippen LogP contribution in [0.25, 0.3) is 0 Å². The maximum absolute atomic E-state index is 12.1. The Balaban J connectivity index is 0.00000200. The molecule has 1 amide bonds. The van der Waals surface area contributed by atoms with Crippen molar-refractivity contribution in [2.45, 2.75) is 38.8 Å². The summed E-state index contributed by atoms with van der Waals surface area (Å²) in [6.07, 6.45) is 1.09. The van der Waals surface area contributed by atoms with E-state index in [9.17, 15) is 14.7 Å². The van der Waals surface area contributed by atoms with Crippen molar-refractivity contribution in [1.29, 1.82) is 0 Å². The normalized spacial score (nSPS) is 17.1. The van der Waals surface area contributed by atoms with Crippen molar-refractivity contribution in [2.24, 2.45) is 0 Å². The van der Waals surface area contributed by atoms with Crippen molar-refractivity contribution in [2.75, 3.05) is 4.90 Å². The second-order valence-corrected chi connectivity index (χ2v) is 5.39. The number of rotatable bonds is 1. The molecule has 0 spiro atoms. The number of fused-ring (bicyclic) bond motifs is 1. The van der Waals surface area contributed by atoms with Gasteiger partial charge in [-0.2, -0.15) is 0 Å². The van der Waals surface area contributed by atoms with E-state index in [4.69, 9.17) is 4.74 Å². The summed E-state index contributed by atoms with van der Waals surface area (Å²) in [5.74, 6) is -0.701. The quantitative estimate of drug-likeness (QED) is 0.660. The number of pyridine rings is 1. The van der Waals surface area contributed by atoms with Crippen LogP contribution in [0.15, 0.2) is 18.3 Å². The number of aromatic nitrogens is 1. The van der Waals surface area contributed by atoms with E-state index in [2.05, 4.69) is 4.98 Å². The van der Waals surface area contributed by atoms with Crippen LogP contribution < -0.4 is 23.8 Å². The molecule has 1 unspecified atom stereocenters. The van der Waals surface area contributed by atoms with Gasteiger partial charge in [0.05, 0.1) is 0 Å². The summed E-state index contributed by atoms with van der Waals surface area (Å²) in [7, 11) is 0. The third-order valence-corrected chi connectivity index (χ3v) is 2.70. The van der Waals surface area contributed by atoms with Crippen molar-refractivity contribution in [3.63, 3.8) is 0 Å². The third kappa shape index (κ3) is 3.32. The fourth-order valence-electron chi connectivity index (χ4n) is 1.98. The van der Waals surface area contributed by atoms with E-state index in [0.717, 1.165) is 10.5 Å². The minimum Gasteiger partial charge on any atom is -1.00 e. The average Bonchev–Trinajstić information content (AvgIpc) is 2.65. The number of amides is 1. The molecule has 0 fully saturated rings.